The minimum absolute atomic E-state index is 0.144. The van der Waals surface area contributed by atoms with Crippen molar-refractivity contribution in [3.8, 4) is 29.0 Å². The van der Waals surface area contributed by atoms with E-state index in [0.717, 1.165) is 10.0 Å². The molecule has 0 radical (unpaired) electrons. The summed E-state index contributed by atoms with van der Waals surface area (Å²) in [6.07, 6.45) is 0. The van der Waals surface area contributed by atoms with Gasteiger partial charge in [-0.1, -0.05) is 0 Å². The molecule has 6 heteroatoms. The average molecular weight is 405 g/mol. The summed E-state index contributed by atoms with van der Waals surface area (Å²) in [5.41, 5.74) is 7.92. The van der Waals surface area contributed by atoms with Crippen LogP contribution < -0.4 is 19.5 Å². The van der Waals surface area contributed by atoms with Crippen LogP contribution in [-0.2, 0) is 0 Å². The van der Waals surface area contributed by atoms with E-state index < -0.39 is 0 Å². The zero-order valence-corrected chi connectivity index (χ0v) is 15.6. The van der Waals surface area contributed by atoms with Crippen LogP contribution in [-0.4, -0.2) is 27.1 Å². The Morgan fingerprint density at radius 3 is 2.19 bits per heavy atom. The standard InChI is InChI=1S/C20H14N4OSe/c1-25-14-9-7-13(8-10-14)18-16(11-21)19(23)24-20(17(18)12-22)26-15-5-3-2-4-6-15/h2-10H,1H3,(H2,23,24). The van der Waals surface area contributed by atoms with Crippen LogP contribution in [0.2, 0.25) is 0 Å². The maximum absolute atomic E-state index is 9.80. The summed E-state index contributed by atoms with van der Waals surface area (Å²) in [5.74, 6) is 0.839. The topological polar surface area (TPSA) is 95.7 Å². The van der Waals surface area contributed by atoms with Crippen LogP contribution in [0, 0.1) is 22.7 Å². The first-order chi connectivity index (χ1) is 12.7. The fourth-order valence-electron chi connectivity index (χ4n) is 2.52. The molecular formula is C20H14N4OSe. The summed E-state index contributed by atoms with van der Waals surface area (Å²) >= 11 is -0.199. The number of hydrogen-bond acceptors (Lipinski definition) is 5. The van der Waals surface area contributed by atoms with Gasteiger partial charge in [-0.3, -0.25) is 0 Å². The molecule has 3 rings (SSSR count). The zero-order chi connectivity index (χ0) is 18.5. The summed E-state index contributed by atoms with van der Waals surface area (Å²) in [7, 11) is 1.58. The molecule has 2 N–H and O–H groups in total. The normalized spacial score (nSPS) is 9.96. The van der Waals surface area contributed by atoms with Gasteiger partial charge in [0.2, 0.25) is 0 Å². The maximum atomic E-state index is 9.80. The van der Waals surface area contributed by atoms with E-state index in [1.165, 1.54) is 0 Å². The van der Waals surface area contributed by atoms with Gasteiger partial charge in [0, 0.05) is 0 Å². The van der Waals surface area contributed by atoms with Gasteiger partial charge >= 0.3 is 158 Å². The van der Waals surface area contributed by atoms with E-state index in [4.69, 9.17) is 10.5 Å². The molecule has 5 nitrogen and oxygen atoms in total. The molecule has 0 saturated carbocycles. The third-order valence-electron chi connectivity index (χ3n) is 3.75. The predicted octanol–water partition coefficient (Wildman–Crippen LogP) is 1.74. The van der Waals surface area contributed by atoms with Crippen LogP contribution in [0.4, 0.5) is 5.82 Å². The molecule has 0 atom stereocenters. The second-order valence-electron chi connectivity index (χ2n) is 5.29. The monoisotopic (exact) mass is 406 g/mol. The quantitative estimate of drug-likeness (QED) is 0.667. The van der Waals surface area contributed by atoms with E-state index >= 15 is 0 Å². The molecule has 2 aromatic carbocycles. The molecule has 1 heterocycles. The number of nitrogens with two attached hydrogens (primary N) is 1. The molecule has 0 aliphatic heterocycles. The Hall–Kier alpha value is -3.31. The van der Waals surface area contributed by atoms with Crippen LogP contribution >= 0.6 is 0 Å². The van der Waals surface area contributed by atoms with Crippen molar-refractivity contribution in [2.24, 2.45) is 0 Å². The number of rotatable bonds is 4. The molecule has 0 bridgehead atoms. The Kier molecular flexibility index (Phi) is 5.20. The summed E-state index contributed by atoms with van der Waals surface area (Å²) in [6, 6.07) is 21.3. The van der Waals surface area contributed by atoms with Gasteiger partial charge in [-0.2, -0.15) is 0 Å². The van der Waals surface area contributed by atoms with Crippen molar-refractivity contribution in [1.29, 1.82) is 10.5 Å². The number of benzene rings is 2. The van der Waals surface area contributed by atoms with Gasteiger partial charge in [0.05, 0.1) is 0 Å². The Labute approximate surface area is 157 Å². The van der Waals surface area contributed by atoms with E-state index in [2.05, 4.69) is 17.1 Å². The van der Waals surface area contributed by atoms with E-state index in [9.17, 15) is 10.5 Å². The molecule has 0 aliphatic carbocycles. The number of nitriles is 2. The number of hydrogen-bond donors (Lipinski definition) is 1. The van der Waals surface area contributed by atoms with Crippen molar-refractivity contribution in [3.63, 3.8) is 0 Å². The Morgan fingerprint density at radius 2 is 1.62 bits per heavy atom. The summed E-state index contributed by atoms with van der Waals surface area (Å²) < 4.78 is 6.88. The summed E-state index contributed by atoms with van der Waals surface area (Å²) in [6.45, 7) is 0. The summed E-state index contributed by atoms with van der Waals surface area (Å²) in [4.78, 5) is 4.37. The minimum atomic E-state index is -0.199. The Morgan fingerprint density at radius 1 is 0.962 bits per heavy atom. The van der Waals surface area contributed by atoms with E-state index in [0.29, 0.717) is 21.5 Å². The zero-order valence-electron chi connectivity index (χ0n) is 13.9. The number of nitrogen functional groups attached to an aromatic ring is 1. The van der Waals surface area contributed by atoms with Crippen LogP contribution in [0.15, 0.2) is 54.6 Å². The first kappa shape index (κ1) is 17.5. The third-order valence-corrected chi connectivity index (χ3v) is 5.84. The van der Waals surface area contributed by atoms with Crippen LogP contribution in [0.3, 0.4) is 0 Å². The molecule has 26 heavy (non-hydrogen) atoms. The molecule has 0 aliphatic rings. The van der Waals surface area contributed by atoms with E-state index in [1.807, 2.05) is 42.5 Å². The van der Waals surface area contributed by atoms with Gasteiger partial charge in [-0.25, -0.2) is 0 Å². The Bertz CT molecular complexity index is 1020. The number of aromatic nitrogens is 1. The molecule has 3 aromatic rings. The molecule has 0 unspecified atom stereocenters. The number of ether oxygens (including phenoxy) is 1. The van der Waals surface area contributed by atoms with E-state index in [-0.39, 0.29) is 26.3 Å². The van der Waals surface area contributed by atoms with Gasteiger partial charge in [0.15, 0.2) is 0 Å². The van der Waals surface area contributed by atoms with Crippen molar-refractivity contribution in [2.45, 2.75) is 0 Å². The number of anilines is 1. The summed E-state index contributed by atoms with van der Waals surface area (Å²) in [5, 5.41) is 19.4. The van der Waals surface area contributed by atoms with Crippen LogP contribution in [0.1, 0.15) is 11.1 Å². The molecule has 1 aromatic heterocycles. The second kappa shape index (κ2) is 7.72. The Balaban J connectivity index is 2.21. The molecule has 126 valence electrons. The predicted molar refractivity (Wildman–Crippen MR) is 102 cm³/mol. The van der Waals surface area contributed by atoms with E-state index in [1.54, 1.807) is 19.2 Å². The van der Waals surface area contributed by atoms with Gasteiger partial charge in [0.1, 0.15) is 0 Å². The molecule has 0 saturated heterocycles. The molecular weight excluding hydrogens is 391 g/mol. The van der Waals surface area contributed by atoms with Crippen molar-refractivity contribution in [3.05, 3.63) is 65.7 Å². The van der Waals surface area contributed by atoms with Crippen molar-refractivity contribution in [2.75, 3.05) is 12.8 Å². The second-order valence-corrected chi connectivity index (χ2v) is 7.52. The SMILES string of the molecule is COc1ccc(-c2c(C#N)c(N)nc([Se]c3ccccc3)c2C#N)cc1. The fraction of sp³-hybridized carbons (Fsp3) is 0.0500. The van der Waals surface area contributed by atoms with Crippen molar-refractivity contribution >= 4 is 29.8 Å². The van der Waals surface area contributed by atoms with Crippen molar-refractivity contribution in [1.82, 2.24) is 4.98 Å². The van der Waals surface area contributed by atoms with Gasteiger partial charge in [0.25, 0.3) is 0 Å². The van der Waals surface area contributed by atoms with Crippen molar-refractivity contribution < 1.29 is 4.74 Å². The average Bonchev–Trinajstić information content (AvgIpc) is 2.68. The number of pyridine rings is 1. The number of methoxy groups -OCH3 is 1. The first-order valence-electron chi connectivity index (χ1n) is 7.69. The first-order valence-corrected chi connectivity index (χ1v) is 9.40. The molecule has 0 fully saturated rings. The number of nitrogens with zero attached hydrogens (tertiary/aromatic N) is 3. The third kappa shape index (κ3) is 3.38. The van der Waals surface area contributed by atoms with Gasteiger partial charge < -0.3 is 0 Å². The van der Waals surface area contributed by atoms with Gasteiger partial charge in [-0.15, -0.1) is 0 Å². The van der Waals surface area contributed by atoms with Gasteiger partial charge in [-0.05, 0) is 0 Å². The molecule has 0 amide bonds. The molecule has 0 spiro atoms. The van der Waals surface area contributed by atoms with Crippen LogP contribution in [0.25, 0.3) is 11.1 Å². The fourth-order valence-corrected chi connectivity index (χ4v) is 4.43. The van der Waals surface area contributed by atoms with Crippen LogP contribution in [0.5, 0.6) is 5.75 Å².